The number of rotatable bonds is 1. The van der Waals surface area contributed by atoms with Gasteiger partial charge in [0, 0.05) is 0 Å². The van der Waals surface area contributed by atoms with Crippen molar-refractivity contribution in [1.29, 1.82) is 0 Å². The zero-order valence-electron chi connectivity index (χ0n) is 4.72. The number of hydrogen-bond donors (Lipinski definition) is 1. The second kappa shape index (κ2) is 2.01. The lowest BCUT2D eigenvalue weighted by molar-refractivity contribution is 0.247. The zero-order valence-corrected chi connectivity index (χ0v) is 4.72. The highest BCUT2D eigenvalue weighted by Crippen LogP contribution is 2.04. The maximum atomic E-state index is 8.46. The minimum Gasteiger partial charge on any atom is -0.467 e. The molecule has 8 heavy (non-hydrogen) atoms. The molecule has 44 valence electrons. The third kappa shape index (κ3) is 0.898. The Morgan fingerprint density at radius 1 is 1.75 bits per heavy atom. The van der Waals surface area contributed by atoms with Crippen LogP contribution in [0.15, 0.2) is 16.7 Å². The van der Waals surface area contributed by atoms with Crippen LogP contribution in [-0.4, -0.2) is 5.11 Å². The molecule has 0 amide bonds. The molecular weight excluding hydrogens is 104 g/mol. The van der Waals surface area contributed by atoms with Crippen LogP contribution in [0.1, 0.15) is 11.3 Å². The van der Waals surface area contributed by atoms with Crippen molar-refractivity contribution in [3.8, 4) is 0 Å². The molecule has 1 rings (SSSR count). The van der Waals surface area contributed by atoms with E-state index in [1.807, 2.05) is 6.92 Å². The molecule has 2 heteroatoms. The molecule has 1 heterocycles. The Morgan fingerprint density at radius 2 is 2.50 bits per heavy atom. The van der Waals surface area contributed by atoms with E-state index in [0.717, 1.165) is 5.56 Å². The van der Waals surface area contributed by atoms with E-state index in [2.05, 4.69) is 0 Å². The van der Waals surface area contributed by atoms with Gasteiger partial charge in [-0.1, -0.05) is 0 Å². The Kier molecular flexibility index (Phi) is 1.35. The van der Waals surface area contributed by atoms with E-state index in [0.29, 0.717) is 5.76 Å². The molecule has 1 N–H and O–H groups in total. The molecule has 0 aliphatic heterocycles. The van der Waals surface area contributed by atoms with Crippen molar-refractivity contribution in [2.75, 3.05) is 0 Å². The molecule has 0 aliphatic rings. The quantitative estimate of drug-likeness (QED) is 0.589. The Bertz CT molecular complexity index is 167. The second-order valence-electron chi connectivity index (χ2n) is 1.75. The number of furan rings is 1. The van der Waals surface area contributed by atoms with Gasteiger partial charge in [-0.2, -0.15) is 0 Å². The molecule has 0 aromatic carbocycles. The zero-order chi connectivity index (χ0) is 5.98. The lowest BCUT2D eigenvalue weighted by atomic mass is 10.3. The average Bonchev–Trinajstić information content (AvgIpc) is 2.14. The molecule has 0 atom stereocenters. The summed E-state index contributed by atoms with van der Waals surface area (Å²) in [6.07, 6.45) is 1.62. The highest BCUT2D eigenvalue weighted by molar-refractivity contribution is 5.09. The van der Waals surface area contributed by atoms with Crippen LogP contribution >= 0.6 is 0 Å². The van der Waals surface area contributed by atoms with E-state index in [1.165, 1.54) is 0 Å². The van der Waals surface area contributed by atoms with Crippen LogP contribution in [0.3, 0.4) is 0 Å². The van der Waals surface area contributed by atoms with Gasteiger partial charge in [-0.3, -0.25) is 0 Å². The van der Waals surface area contributed by atoms with E-state index in [9.17, 15) is 0 Å². The normalized spacial score (nSPS) is 9.75. The Hall–Kier alpha value is -0.760. The summed E-state index contributed by atoms with van der Waals surface area (Å²) in [7, 11) is 0. The third-order valence-corrected chi connectivity index (χ3v) is 0.941. The number of aryl methyl sites for hydroxylation is 1. The fourth-order valence-electron chi connectivity index (χ4n) is 0.574. The van der Waals surface area contributed by atoms with Crippen LogP contribution in [0.5, 0.6) is 0 Å². The van der Waals surface area contributed by atoms with Crippen LogP contribution in [0.25, 0.3) is 0 Å². The van der Waals surface area contributed by atoms with Gasteiger partial charge in [0.2, 0.25) is 0 Å². The molecule has 2 nitrogen and oxygen atoms in total. The summed E-state index contributed by atoms with van der Waals surface area (Å²) in [5.74, 6) is 0.627. The summed E-state index contributed by atoms with van der Waals surface area (Å²) in [6, 6.07) is 1.81. The van der Waals surface area contributed by atoms with Crippen LogP contribution in [0.4, 0.5) is 0 Å². The lowest BCUT2D eigenvalue weighted by Gasteiger charge is -1.79. The number of hydrogen-bond acceptors (Lipinski definition) is 2. The van der Waals surface area contributed by atoms with Crippen LogP contribution in [0.2, 0.25) is 0 Å². The van der Waals surface area contributed by atoms with Crippen LogP contribution in [-0.2, 0) is 6.61 Å². The maximum Gasteiger partial charge on any atom is 0.129 e. The first-order valence-electron chi connectivity index (χ1n) is 2.48. The summed E-state index contributed by atoms with van der Waals surface area (Å²) >= 11 is 0. The predicted octanol–water partition coefficient (Wildman–Crippen LogP) is 1.08. The standard InChI is InChI=1S/C6H8O2/c1-5-2-6(3-7)8-4-5/h2,4,7H,3H2,1H3. The molecule has 0 saturated carbocycles. The van der Waals surface area contributed by atoms with Gasteiger partial charge >= 0.3 is 0 Å². The second-order valence-corrected chi connectivity index (χ2v) is 1.75. The van der Waals surface area contributed by atoms with Gasteiger partial charge in [0.05, 0.1) is 6.26 Å². The maximum absolute atomic E-state index is 8.46. The predicted molar refractivity (Wildman–Crippen MR) is 29.4 cm³/mol. The van der Waals surface area contributed by atoms with Crippen LogP contribution < -0.4 is 0 Å². The molecule has 0 radical (unpaired) electrons. The van der Waals surface area contributed by atoms with Gasteiger partial charge < -0.3 is 9.52 Å². The fourth-order valence-corrected chi connectivity index (χ4v) is 0.574. The van der Waals surface area contributed by atoms with E-state index in [4.69, 9.17) is 9.52 Å². The minimum absolute atomic E-state index is 0.00611. The molecule has 0 bridgehead atoms. The summed E-state index contributed by atoms with van der Waals surface area (Å²) in [6.45, 7) is 1.91. The largest absolute Gasteiger partial charge is 0.467 e. The van der Waals surface area contributed by atoms with Gasteiger partial charge in [-0.15, -0.1) is 0 Å². The van der Waals surface area contributed by atoms with Crippen LogP contribution in [0, 0.1) is 6.92 Å². The van der Waals surface area contributed by atoms with E-state index >= 15 is 0 Å². The summed E-state index contributed by atoms with van der Waals surface area (Å²) < 4.78 is 4.86. The lowest BCUT2D eigenvalue weighted by Crippen LogP contribution is -1.73. The van der Waals surface area contributed by atoms with Gasteiger partial charge in [-0.05, 0) is 18.6 Å². The molecule has 1 aromatic heterocycles. The molecule has 0 fully saturated rings. The third-order valence-electron chi connectivity index (χ3n) is 0.941. The summed E-state index contributed by atoms with van der Waals surface area (Å²) in [5.41, 5.74) is 1.05. The SMILES string of the molecule is Cc1coc(CO)c1. The van der Waals surface area contributed by atoms with Gasteiger partial charge in [0.1, 0.15) is 12.4 Å². The molecular formula is C6H8O2. The summed E-state index contributed by atoms with van der Waals surface area (Å²) in [5, 5.41) is 8.46. The first kappa shape index (κ1) is 5.38. The molecule has 0 aliphatic carbocycles. The fraction of sp³-hybridized carbons (Fsp3) is 0.333. The monoisotopic (exact) mass is 112 g/mol. The Labute approximate surface area is 47.7 Å². The number of aliphatic hydroxyl groups excluding tert-OH is 1. The van der Waals surface area contributed by atoms with Crippen molar-refractivity contribution in [1.82, 2.24) is 0 Å². The van der Waals surface area contributed by atoms with Crippen molar-refractivity contribution < 1.29 is 9.52 Å². The van der Waals surface area contributed by atoms with Gasteiger partial charge in [0.15, 0.2) is 0 Å². The number of aliphatic hydroxyl groups is 1. The highest BCUT2D eigenvalue weighted by atomic mass is 16.4. The molecule has 0 spiro atoms. The van der Waals surface area contributed by atoms with Crippen molar-refractivity contribution in [2.45, 2.75) is 13.5 Å². The average molecular weight is 112 g/mol. The first-order valence-corrected chi connectivity index (χ1v) is 2.48. The van der Waals surface area contributed by atoms with Crippen molar-refractivity contribution in [2.24, 2.45) is 0 Å². The van der Waals surface area contributed by atoms with E-state index in [1.54, 1.807) is 12.3 Å². The molecule has 0 saturated heterocycles. The topological polar surface area (TPSA) is 33.4 Å². The Balaban J connectivity index is 2.84. The van der Waals surface area contributed by atoms with Crippen molar-refractivity contribution >= 4 is 0 Å². The first-order chi connectivity index (χ1) is 3.83. The smallest absolute Gasteiger partial charge is 0.129 e. The summed E-state index contributed by atoms with van der Waals surface area (Å²) in [4.78, 5) is 0. The van der Waals surface area contributed by atoms with E-state index in [-0.39, 0.29) is 6.61 Å². The molecule has 0 unspecified atom stereocenters. The van der Waals surface area contributed by atoms with Gasteiger partial charge in [-0.25, -0.2) is 0 Å². The minimum atomic E-state index is -0.00611. The Morgan fingerprint density at radius 3 is 2.75 bits per heavy atom. The molecule has 1 aromatic rings. The van der Waals surface area contributed by atoms with E-state index < -0.39 is 0 Å². The van der Waals surface area contributed by atoms with Crippen molar-refractivity contribution in [3.63, 3.8) is 0 Å². The van der Waals surface area contributed by atoms with Crippen molar-refractivity contribution in [3.05, 3.63) is 23.7 Å². The highest BCUT2D eigenvalue weighted by Gasteiger charge is 1.92. The van der Waals surface area contributed by atoms with Gasteiger partial charge in [0.25, 0.3) is 0 Å².